The SMILES string of the molecule is Cc1ccc(S(=O)(=O)N(CC(C)C)C[C@@H](O)[C@@H](CC(=O)c2cccc(C(=O)CCc3oc(C)cc3C)c2)Cc2ccccc2)cc1. The third-order valence-corrected chi connectivity index (χ3v) is 10.0. The van der Waals surface area contributed by atoms with Crippen molar-refractivity contribution in [1.29, 1.82) is 0 Å². The Hall–Kier alpha value is -3.85. The molecule has 1 aromatic heterocycles. The molecule has 0 aliphatic heterocycles. The fourth-order valence-electron chi connectivity index (χ4n) is 5.69. The van der Waals surface area contributed by atoms with Crippen LogP contribution in [0.1, 0.15) is 75.6 Å². The maximum Gasteiger partial charge on any atom is 0.243 e. The molecule has 4 rings (SSSR count). The minimum atomic E-state index is -3.89. The molecule has 2 atom stereocenters. The maximum absolute atomic E-state index is 13.7. The summed E-state index contributed by atoms with van der Waals surface area (Å²) in [6.45, 7) is 9.66. The summed E-state index contributed by atoms with van der Waals surface area (Å²) in [5, 5.41) is 11.6. The van der Waals surface area contributed by atoms with Gasteiger partial charge in [-0.2, -0.15) is 4.31 Å². The average Bonchev–Trinajstić information content (AvgIpc) is 3.35. The number of sulfonamides is 1. The molecular weight excluding hydrogens is 598 g/mol. The molecule has 0 aliphatic rings. The first-order valence-electron chi connectivity index (χ1n) is 15.8. The maximum atomic E-state index is 13.7. The third kappa shape index (κ3) is 9.34. The molecule has 8 heteroatoms. The molecule has 0 saturated heterocycles. The van der Waals surface area contributed by atoms with E-state index in [1.165, 1.54) is 4.31 Å². The monoisotopic (exact) mass is 643 g/mol. The van der Waals surface area contributed by atoms with Crippen LogP contribution in [-0.2, 0) is 22.9 Å². The molecule has 0 saturated carbocycles. The predicted molar refractivity (Wildman–Crippen MR) is 181 cm³/mol. The van der Waals surface area contributed by atoms with E-state index in [0.717, 1.165) is 28.2 Å². The number of Topliss-reactive ketones (excluding diaryl/α,β-unsaturated/α-hetero) is 2. The van der Waals surface area contributed by atoms with Gasteiger partial charge >= 0.3 is 0 Å². The van der Waals surface area contributed by atoms with Gasteiger partial charge in [0.1, 0.15) is 11.5 Å². The molecule has 0 spiro atoms. The second-order valence-corrected chi connectivity index (χ2v) is 14.6. The van der Waals surface area contributed by atoms with Gasteiger partial charge in [-0.1, -0.05) is 80.1 Å². The van der Waals surface area contributed by atoms with Gasteiger partial charge in [0.2, 0.25) is 10.0 Å². The Morgan fingerprint density at radius 2 is 1.48 bits per heavy atom. The van der Waals surface area contributed by atoms with Crippen molar-refractivity contribution in [1.82, 2.24) is 4.31 Å². The van der Waals surface area contributed by atoms with E-state index < -0.39 is 22.0 Å². The Labute approximate surface area is 273 Å². The van der Waals surface area contributed by atoms with Crippen molar-refractivity contribution in [2.24, 2.45) is 11.8 Å². The van der Waals surface area contributed by atoms with Gasteiger partial charge in [0.05, 0.1) is 11.0 Å². The Bertz CT molecular complexity index is 1720. The second-order valence-electron chi connectivity index (χ2n) is 12.6. The van der Waals surface area contributed by atoms with Crippen molar-refractivity contribution < 1.29 is 27.5 Å². The zero-order valence-electron chi connectivity index (χ0n) is 27.4. The smallest absolute Gasteiger partial charge is 0.243 e. The molecule has 0 radical (unpaired) electrons. The highest BCUT2D eigenvalue weighted by molar-refractivity contribution is 7.89. The summed E-state index contributed by atoms with van der Waals surface area (Å²) in [7, 11) is -3.89. The number of nitrogens with zero attached hydrogens (tertiary/aromatic N) is 1. The molecule has 4 aromatic rings. The summed E-state index contributed by atoms with van der Waals surface area (Å²) in [5.74, 6) is 0.732. The summed E-state index contributed by atoms with van der Waals surface area (Å²) >= 11 is 0. The van der Waals surface area contributed by atoms with Crippen molar-refractivity contribution in [3.05, 3.63) is 124 Å². The molecule has 244 valence electrons. The first-order valence-corrected chi connectivity index (χ1v) is 17.3. The molecule has 46 heavy (non-hydrogen) atoms. The first kappa shape index (κ1) is 35.0. The molecule has 0 unspecified atom stereocenters. The highest BCUT2D eigenvalue weighted by Crippen LogP contribution is 2.25. The molecule has 0 amide bonds. The summed E-state index contributed by atoms with van der Waals surface area (Å²) in [5.41, 5.74) is 3.72. The summed E-state index contributed by atoms with van der Waals surface area (Å²) < 4.78 is 34.5. The van der Waals surface area contributed by atoms with Crippen LogP contribution >= 0.6 is 0 Å². The number of ketones is 2. The lowest BCUT2D eigenvalue weighted by atomic mass is 9.87. The lowest BCUT2D eigenvalue weighted by Crippen LogP contribution is -2.43. The Morgan fingerprint density at radius 1 is 0.826 bits per heavy atom. The fraction of sp³-hybridized carbons (Fsp3) is 0.368. The van der Waals surface area contributed by atoms with Crippen LogP contribution in [0.15, 0.2) is 94.2 Å². The van der Waals surface area contributed by atoms with Crippen LogP contribution < -0.4 is 0 Å². The number of benzene rings is 3. The van der Waals surface area contributed by atoms with Crippen molar-refractivity contribution >= 4 is 21.6 Å². The normalized spacial score (nSPS) is 13.2. The first-order chi connectivity index (χ1) is 21.8. The van der Waals surface area contributed by atoms with E-state index in [1.54, 1.807) is 48.5 Å². The standard InChI is InChI=1S/C38H45NO6S/c1-26(2)24-39(46(43,44)34-16-14-27(3)15-17-34)25-37(42)33(21-30-10-7-6-8-11-30)23-36(41)32-13-9-12-31(22-32)35(40)18-19-38-28(4)20-29(5)45-38/h6-17,20,22,26,33,37,42H,18-19,21,23-25H2,1-5H3/t33-,37-/m1/s1. The Morgan fingerprint density at radius 3 is 2.09 bits per heavy atom. The molecule has 7 nitrogen and oxygen atoms in total. The van der Waals surface area contributed by atoms with E-state index in [4.69, 9.17) is 4.42 Å². The molecule has 0 aliphatic carbocycles. The Kier molecular flexibility index (Phi) is 11.9. The summed E-state index contributed by atoms with van der Waals surface area (Å²) in [6.07, 6.45) is -0.0250. The number of aliphatic hydroxyl groups excluding tert-OH is 1. The molecule has 1 heterocycles. The predicted octanol–water partition coefficient (Wildman–Crippen LogP) is 7.16. The van der Waals surface area contributed by atoms with E-state index in [0.29, 0.717) is 24.0 Å². The zero-order valence-corrected chi connectivity index (χ0v) is 28.2. The van der Waals surface area contributed by atoms with Gasteiger partial charge in [-0.05, 0) is 74.4 Å². The van der Waals surface area contributed by atoms with Crippen LogP contribution in [0.2, 0.25) is 0 Å². The van der Waals surface area contributed by atoms with Crippen molar-refractivity contribution in [2.75, 3.05) is 13.1 Å². The Balaban J connectivity index is 1.54. The van der Waals surface area contributed by atoms with Crippen LogP contribution in [0.4, 0.5) is 0 Å². The number of aliphatic hydroxyl groups is 1. The number of hydrogen-bond donors (Lipinski definition) is 1. The largest absolute Gasteiger partial charge is 0.466 e. The van der Waals surface area contributed by atoms with E-state index in [1.807, 2.05) is 71.0 Å². The number of carbonyl (C=O) groups is 2. The fourth-order valence-corrected chi connectivity index (χ4v) is 7.31. The second kappa shape index (κ2) is 15.6. The van der Waals surface area contributed by atoms with E-state index in [-0.39, 0.29) is 48.3 Å². The van der Waals surface area contributed by atoms with Gasteiger partial charge in [-0.15, -0.1) is 0 Å². The third-order valence-electron chi connectivity index (χ3n) is 8.18. The van der Waals surface area contributed by atoms with Crippen LogP contribution in [0, 0.1) is 32.6 Å². The van der Waals surface area contributed by atoms with Crippen LogP contribution in [0.3, 0.4) is 0 Å². The average molecular weight is 644 g/mol. The van der Waals surface area contributed by atoms with E-state index >= 15 is 0 Å². The van der Waals surface area contributed by atoms with E-state index in [2.05, 4.69) is 0 Å². The van der Waals surface area contributed by atoms with Gasteiger partial charge in [0, 0.05) is 43.5 Å². The van der Waals surface area contributed by atoms with Crippen LogP contribution in [0.5, 0.6) is 0 Å². The molecular formula is C38H45NO6S. The number of hydrogen-bond acceptors (Lipinski definition) is 6. The highest BCUT2D eigenvalue weighted by Gasteiger charge is 2.32. The molecule has 0 bridgehead atoms. The van der Waals surface area contributed by atoms with Gasteiger partial charge in [-0.3, -0.25) is 9.59 Å². The molecule has 3 aromatic carbocycles. The van der Waals surface area contributed by atoms with E-state index in [9.17, 15) is 23.1 Å². The van der Waals surface area contributed by atoms with Crippen molar-refractivity contribution in [2.45, 2.75) is 71.3 Å². The lowest BCUT2D eigenvalue weighted by Gasteiger charge is -2.30. The van der Waals surface area contributed by atoms with Crippen LogP contribution in [-0.4, -0.2) is 48.6 Å². The molecule has 1 N–H and O–H groups in total. The number of rotatable bonds is 16. The molecule has 0 fully saturated rings. The lowest BCUT2D eigenvalue weighted by molar-refractivity contribution is 0.0689. The van der Waals surface area contributed by atoms with Gasteiger partial charge in [0.25, 0.3) is 0 Å². The highest BCUT2D eigenvalue weighted by atomic mass is 32.2. The van der Waals surface area contributed by atoms with Crippen LogP contribution in [0.25, 0.3) is 0 Å². The minimum absolute atomic E-state index is 0.0152. The summed E-state index contributed by atoms with van der Waals surface area (Å²) in [6, 6.07) is 24.9. The van der Waals surface area contributed by atoms with Gasteiger partial charge < -0.3 is 9.52 Å². The van der Waals surface area contributed by atoms with Gasteiger partial charge in [0.15, 0.2) is 11.6 Å². The zero-order chi connectivity index (χ0) is 33.4. The van der Waals surface area contributed by atoms with Gasteiger partial charge in [-0.25, -0.2) is 8.42 Å². The number of furan rings is 1. The topological polar surface area (TPSA) is 105 Å². The quantitative estimate of drug-likeness (QED) is 0.130. The number of carbonyl (C=O) groups excluding carboxylic acids is 2. The minimum Gasteiger partial charge on any atom is -0.466 e. The number of aryl methyl sites for hydroxylation is 4. The summed E-state index contributed by atoms with van der Waals surface area (Å²) in [4.78, 5) is 26.9. The van der Waals surface area contributed by atoms with Crippen molar-refractivity contribution in [3.63, 3.8) is 0 Å². The van der Waals surface area contributed by atoms with Crippen molar-refractivity contribution in [3.8, 4) is 0 Å².